The lowest BCUT2D eigenvalue weighted by Crippen LogP contribution is -2.56. The van der Waals surface area contributed by atoms with E-state index in [0.29, 0.717) is 19.0 Å². The fourth-order valence-corrected chi connectivity index (χ4v) is 4.91. The third kappa shape index (κ3) is 6.19. The fraction of sp³-hybridized carbons (Fsp3) is 0.619. The lowest BCUT2D eigenvalue weighted by molar-refractivity contribution is -0.120. The van der Waals surface area contributed by atoms with Crippen molar-refractivity contribution in [3.8, 4) is 0 Å². The lowest BCUT2D eigenvalue weighted by Gasteiger charge is -2.36. The first-order chi connectivity index (χ1) is 15.0. The van der Waals surface area contributed by atoms with Gasteiger partial charge in [0.2, 0.25) is 5.91 Å². The minimum Gasteiger partial charge on any atom is -0.356 e. The summed E-state index contributed by atoms with van der Waals surface area (Å²) in [6, 6.07) is 0. The first-order valence-electron chi connectivity index (χ1n) is 10.9. The van der Waals surface area contributed by atoms with Crippen LogP contribution in [0.5, 0.6) is 0 Å². The molecule has 9 nitrogen and oxygen atoms in total. The molecule has 32 heavy (non-hydrogen) atoms. The Kier molecular flexibility index (Phi) is 8.88. The van der Waals surface area contributed by atoms with E-state index in [1.165, 1.54) is 18.5 Å². The Hall–Kier alpha value is -1.73. The van der Waals surface area contributed by atoms with Crippen LogP contribution >= 0.6 is 35.3 Å². The summed E-state index contributed by atoms with van der Waals surface area (Å²) in [6.07, 6.45) is 5.95. The number of guanidine groups is 1. The Labute approximate surface area is 210 Å². The van der Waals surface area contributed by atoms with Crippen molar-refractivity contribution < 1.29 is 4.79 Å². The van der Waals surface area contributed by atoms with Crippen LogP contribution in [0.25, 0.3) is 0 Å². The van der Waals surface area contributed by atoms with Crippen molar-refractivity contribution in [2.45, 2.75) is 26.3 Å². The van der Waals surface area contributed by atoms with Crippen molar-refractivity contribution >= 4 is 52.9 Å². The highest BCUT2D eigenvalue weighted by molar-refractivity contribution is 14.0. The Morgan fingerprint density at radius 3 is 2.66 bits per heavy atom. The van der Waals surface area contributed by atoms with Crippen LogP contribution in [-0.2, 0) is 18.4 Å². The third-order valence-electron chi connectivity index (χ3n) is 6.04. The number of likely N-dealkylation sites (tertiary alicyclic amines) is 1. The highest BCUT2D eigenvalue weighted by atomic mass is 127. The van der Waals surface area contributed by atoms with Crippen LogP contribution in [0.3, 0.4) is 0 Å². The van der Waals surface area contributed by atoms with Gasteiger partial charge < -0.3 is 15.1 Å². The number of aryl methyl sites for hydroxylation is 2. The number of piperazine rings is 1. The van der Waals surface area contributed by atoms with Gasteiger partial charge in [0.25, 0.3) is 0 Å². The highest BCUT2D eigenvalue weighted by Gasteiger charge is 2.28. The molecule has 2 aliphatic heterocycles. The normalized spacial score (nSPS) is 18.7. The zero-order valence-electron chi connectivity index (χ0n) is 19.0. The molecular weight excluding hydrogens is 539 g/mol. The Morgan fingerprint density at radius 1 is 1.28 bits per heavy atom. The number of rotatable bonds is 5. The minimum atomic E-state index is 0. The van der Waals surface area contributed by atoms with E-state index in [2.05, 4.69) is 42.5 Å². The summed E-state index contributed by atoms with van der Waals surface area (Å²) < 4.78 is 1.72. The second-order valence-corrected chi connectivity index (χ2v) is 9.41. The molecule has 11 heteroatoms. The molecule has 1 amide bonds. The molecular formula is C21H33IN8OS. The molecule has 4 rings (SSSR count). The van der Waals surface area contributed by atoms with Crippen LogP contribution in [0.2, 0.25) is 0 Å². The maximum Gasteiger partial charge on any atom is 0.246 e. The molecule has 2 saturated heterocycles. The molecule has 0 atom stereocenters. The van der Waals surface area contributed by atoms with Crippen molar-refractivity contribution in [2.75, 3.05) is 51.2 Å². The van der Waals surface area contributed by atoms with Gasteiger partial charge in [0, 0.05) is 51.9 Å². The maximum atomic E-state index is 12.7. The zero-order valence-corrected chi connectivity index (χ0v) is 22.2. The smallest absolute Gasteiger partial charge is 0.246 e. The number of carbonyl (C=O) groups is 1. The van der Waals surface area contributed by atoms with Gasteiger partial charge in [-0.3, -0.25) is 19.4 Å². The van der Waals surface area contributed by atoms with E-state index in [4.69, 9.17) is 0 Å². The molecule has 0 aliphatic carbocycles. The lowest BCUT2D eigenvalue weighted by atomic mass is 9.97. The molecule has 2 aromatic heterocycles. The number of hydrogen-bond donors (Lipinski definition) is 1. The monoisotopic (exact) mass is 572 g/mol. The molecule has 0 unspecified atom stereocenters. The van der Waals surface area contributed by atoms with Crippen molar-refractivity contribution in [3.63, 3.8) is 0 Å². The number of carbonyl (C=O) groups excluding carboxylic acids is 1. The van der Waals surface area contributed by atoms with Crippen molar-refractivity contribution in [2.24, 2.45) is 18.0 Å². The van der Waals surface area contributed by atoms with E-state index in [9.17, 15) is 4.79 Å². The second kappa shape index (κ2) is 11.4. The largest absolute Gasteiger partial charge is 0.356 e. The van der Waals surface area contributed by atoms with Gasteiger partial charge in [-0.1, -0.05) is 0 Å². The quantitative estimate of drug-likeness (QED) is 0.335. The summed E-state index contributed by atoms with van der Waals surface area (Å²) in [4.78, 5) is 28.0. The number of hydrogen-bond acceptors (Lipinski definition) is 6. The second-order valence-electron chi connectivity index (χ2n) is 8.34. The van der Waals surface area contributed by atoms with E-state index >= 15 is 0 Å². The number of aliphatic imine (C=N–C) groups is 1. The van der Waals surface area contributed by atoms with E-state index in [0.717, 1.165) is 49.4 Å². The van der Waals surface area contributed by atoms with Gasteiger partial charge in [-0.2, -0.15) is 5.10 Å². The Morgan fingerprint density at radius 2 is 2.06 bits per heavy atom. The maximum absolute atomic E-state index is 12.7. The van der Waals surface area contributed by atoms with E-state index in [1.807, 2.05) is 13.2 Å². The summed E-state index contributed by atoms with van der Waals surface area (Å²) in [5.41, 5.74) is 2.05. The number of nitrogens with zero attached hydrogens (tertiary/aromatic N) is 7. The first kappa shape index (κ1) is 24.9. The van der Waals surface area contributed by atoms with Gasteiger partial charge in [0.1, 0.15) is 6.54 Å². The summed E-state index contributed by atoms with van der Waals surface area (Å²) in [6.45, 7) is 7.84. The average molecular weight is 573 g/mol. The summed E-state index contributed by atoms with van der Waals surface area (Å²) in [5, 5.41) is 11.0. The number of anilines is 1. The molecule has 2 fully saturated rings. The van der Waals surface area contributed by atoms with Crippen LogP contribution in [0.4, 0.5) is 5.69 Å². The van der Waals surface area contributed by atoms with Gasteiger partial charge in [-0.15, -0.1) is 35.3 Å². The fourth-order valence-electron chi connectivity index (χ4n) is 4.30. The topological polar surface area (TPSA) is 81.9 Å². The third-order valence-corrected chi connectivity index (χ3v) is 6.87. The standard InChI is InChI=1S/C21H32N8OS.HI/c1-16-25-18(15-31-16)12-27-6-4-17(5-7-27)10-23-21(22-2)28-8-9-29(20(30)14-28)19-11-24-26(3)13-19;/h11,13,15,17H,4-10,12,14H2,1-3H3,(H,22,23);1H. The Balaban J connectivity index is 0.00000289. The van der Waals surface area contributed by atoms with Crippen molar-refractivity contribution in [1.82, 2.24) is 29.9 Å². The Bertz CT molecular complexity index is 921. The van der Waals surface area contributed by atoms with Crippen LogP contribution in [0, 0.1) is 12.8 Å². The molecule has 0 saturated carbocycles. The van der Waals surface area contributed by atoms with Crippen molar-refractivity contribution in [3.05, 3.63) is 28.5 Å². The summed E-state index contributed by atoms with van der Waals surface area (Å²) in [5.74, 6) is 1.52. The van der Waals surface area contributed by atoms with Gasteiger partial charge in [-0.05, 0) is 38.8 Å². The average Bonchev–Trinajstić information content (AvgIpc) is 3.37. The summed E-state index contributed by atoms with van der Waals surface area (Å²) in [7, 11) is 3.65. The van der Waals surface area contributed by atoms with Gasteiger partial charge >= 0.3 is 0 Å². The number of nitrogens with one attached hydrogen (secondary N) is 1. The molecule has 0 aromatic carbocycles. The molecule has 176 valence electrons. The number of aromatic nitrogens is 3. The van der Waals surface area contributed by atoms with Crippen LogP contribution in [0.1, 0.15) is 23.5 Å². The zero-order chi connectivity index (χ0) is 21.8. The van der Waals surface area contributed by atoms with Crippen LogP contribution in [-0.4, -0.2) is 82.7 Å². The van der Waals surface area contributed by atoms with Crippen LogP contribution < -0.4 is 10.2 Å². The van der Waals surface area contributed by atoms with Gasteiger partial charge in [0.15, 0.2) is 5.96 Å². The molecule has 0 bridgehead atoms. The predicted molar refractivity (Wildman–Crippen MR) is 139 cm³/mol. The van der Waals surface area contributed by atoms with E-state index < -0.39 is 0 Å². The number of piperidine rings is 1. The number of thiazole rings is 1. The van der Waals surface area contributed by atoms with E-state index in [-0.39, 0.29) is 29.9 Å². The molecule has 0 radical (unpaired) electrons. The number of amides is 1. The molecule has 4 heterocycles. The van der Waals surface area contributed by atoms with Crippen molar-refractivity contribution in [1.29, 1.82) is 0 Å². The molecule has 1 N–H and O–H groups in total. The first-order valence-corrected chi connectivity index (χ1v) is 11.8. The molecule has 2 aromatic rings. The SMILES string of the molecule is CN=C(NCC1CCN(Cc2csc(C)n2)CC1)N1CCN(c2cnn(C)c2)C(=O)C1.I. The molecule has 2 aliphatic rings. The highest BCUT2D eigenvalue weighted by Crippen LogP contribution is 2.20. The van der Waals surface area contributed by atoms with Crippen LogP contribution in [0.15, 0.2) is 22.8 Å². The number of halogens is 1. The van der Waals surface area contributed by atoms with Gasteiger partial charge in [-0.25, -0.2) is 4.98 Å². The minimum absolute atomic E-state index is 0. The summed E-state index contributed by atoms with van der Waals surface area (Å²) >= 11 is 1.72. The predicted octanol–water partition coefficient (Wildman–Crippen LogP) is 1.94. The van der Waals surface area contributed by atoms with E-state index in [1.54, 1.807) is 34.2 Å². The molecule has 0 spiro atoms. The van der Waals surface area contributed by atoms with Gasteiger partial charge in [0.05, 0.1) is 22.6 Å².